The van der Waals surface area contributed by atoms with Crippen LogP contribution in [0.4, 0.5) is 14.9 Å². The van der Waals surface area contributed by atoms with Crippen molar-refractivity contribution in [3.8, 4) is 0 Å². The lowest BCUT2D eigenvalue weighted by molar-refractivity contribution is -0.127. The summed E-state index contributed by atoms with van der Waals surface area (Å²) in [6.45, 7) is 5.12. The number of nitrogens with zero attached hydrogens (tertiary/aromatic N) is 1. The number of anilines is 1. The Morgan fingerprint density at radius 2 is 1.89 bits per heavy atom. The van der Waals surface area contributed by atoms with Gasteiger partial charge < -0.3 is 20.9 Å². The Kier molecular flexibility index (Phi) is 7.57. The predicted molar refractivity (Wildman–Crippen MR) is 101 cm³/mol. The number of carbonyl (C=O) groups is 3. The lowest BCUT2D eigenvalue weighted by Gasteiger charge is -2.32. The van der Waals surface area contributed by atoms with Crippen molar-refractivity contribution in [1.82, 2.24) is 15.5 Å². The number of nitrogens with one attached hydrogen (secondary N) is 3. The van der Waals surface area contributed by atoms with Gasteiger partial charge in [0, 0.05) is 32.1 Å². The van der Waals surface area contributed by atoms with Gasteiger partial charge in [-0.15, -0.1) is 0 Å². The molecule has 3 N–H and O–H groups in total. The third-order valence-electron chi connectivity index (χ3n) is 4.44. The third-order valence-corrected chi connectivity index (χ3v) is 4.44. The molecule has 0 bridgehead atoms. The molecule has 8 heteroatoms. The molecule has 27 heavy (non-hydrogen) atoms. The van der Waals surface area contributed by atoms with Crippen molar-refractivity contribution < 1.29 is 18.8 Å². The van der Waals surface area contributed by atoms with Crippen LogP contribution in [0.2, 0.25) is 0 Å². The quantitative estimate of drug-likeness (QED) is 0.661. The fourth-order valence-electron chi connectivity index (χ4n) is 2.85. The topological polar surface area (TPSA) is 90.5 Å². The summed E-state index contributed by atoms with van der Waals surface area (Å²) in [6.07, 6.45) is 1.39. The van der Waals surface area contributed by atoms with Gasteiger partial charge in [0.2, 0.25) is 11.8 Å². The van der Waals surface area contributed by atoms with Gasteiger partial charge in [-0.2, -0.15) is 0 Å². The number of benzene rings is 1. The van der Waals surface area contributed by atoms with Crippen molar-refractivity contribution in [2.75, 3.05) is 31.5 Å². The maximum Gasteiger partial charge on any atom is 0.321 e. The van der Waals surface area contributed by atoms with E-state index in [0.717, 1.165) is 0 Å². The molecule has 0 aliphatic carbocycles. The molecule has 1 atom stereocenters. The number of likely N-dealkylation sites (tertiary alicyclic amines) is 1. The van der Waals surface area contributed by atoms with Gasteiger partial charge in [-0.05, 0) is 25.0 Å². The van der Waals surface area contributed by atoms with E-state index < -0.39 is 11.8 Å². The van der Waals surface area contributed by atoms with Crippen molar-refractivity contribution in [2.45, 2.75) is 26.7 Å². The van der Waals surface area contributed by atoms with E-state index in [0.29, 0.717) is 32.5 Å². The second kappa shape index (κ2) is 9.89. The maximum atomic E-state index is 13.7. The minimum Gasteiger partial charge on any atom is -0.354 e. The SMILES string of the molecule is CC(C)C(=O)NCCNC(=O)C1CCCN(C(=O)Nc2ccccc2F)C1. The number of hydrogen-bond donors (Lipinski definition) is 3. The Hall–Kier alpha value is -2.64. The van der Waals surface area contributed by atoms with E-state index in [1.807, 2.05) is 0 Å². The van der Waals surface area contributed by atoms with E-state index in [1.165, 1.54) is 17.0 Å². The van der Waals surface area contributed by atoms with Crippen molar-refractivity contribution >= 4 is 23.5 Å². The molecule has 1 heterocycles. The van der Waals surface area contributed by atoms with Crippen LogP contribution in [0, 0.1) is 17.7 Å². The number of rotatable bonds is 6. The molecule has 1 aromatic rings. The average Bonchev–Trinajstić information content (AvgIpc) is 2.66. The molecule has 1 aliphatic heterocycles. The van der Waals surface area contributed by atoms with E-state index in [2.05, 4.69) is 16.0 Å². The van der Waals surface area contributed by atoms with E-state index in [-0.39, 0.29) is 35.9 Å². The largest absolute Gasteiger partial charge is 0.354 e. The van der Waals surface area contributed by atoms with Crippen LogP contribution in [0.1, 0.15) is 26.7 Å². The molecule has 0 radical (unpaired) electrons. The van der Waals surface area contributed by atoms with Gasteiger partial charge in [0.05, 0.1) is 11.6 Å². The van der Waals surface area contributed by atoms with Gasteiger partial charge in [0.1, 0.15) is 5.82 Å². The zero-order valence-electron chi connectivity index (χ0n) is 15.8. The van der Waals surface area contributed by atoms with Crippen LogP contribution >= 0.6 is 0 Å². The molecule has 1 fully saturated rings. The fourth-order valence-corrected chi connectivity index (χ4v) is 2.85. The van der Waals surface area contributed by atoms with Gasteiger partial charge >= 0.3 is 6.03 Å². The Labute approximate surface area is 158 Å². The van der Waals surface area contributed by atoms with E-state index in [9.17, 15) is 18.8 Å². The molecule has 1 aromatic carbocycles. The first-order valence-corrected chi connectivity index (χ1v) is 9.24. The normalized spacial score (nSPS) is 16.7. The standard InChI is InChI=1S/C19H27FN4O3/c1-13(2)17(25)21-9-10-22-18(26)14-6-5-11-24(12-14)19(27)23-16-8-4-3-7-15(16)20/h3-4,7-8,13-14H,5-6,9-12H2,1-2H3,(H,21,25)(H,22,26)(H,23,27). The highest BCUT2D eigenvalue weighted by Gasteiger charge is 2.28. The number of urea groups is 1. The minimum atomic E-state index is -0.499. The van der Waals surface area contributed by atoms with Crippen molar-refractivity contribution in [3.05, 3.63) is 30.1 Å². The summed E-state index contributed by atoms with van der Waals surface area (Å²) in [5.41, 5.74) is 0.120. The maximum absolute atomic E-state index is 13.7. The molecule has 0 saturated carbocycles. The first-order valence-electron chi connectivity index (χ1n) is 9.24. The van der Waals surface area contributed by atoms with Crippen molar-refractivity contribution in [1.29, 1.82) is 0 Å². The number of piperidine rings is 1. The predicted octanol–water partition coefficient (Wildman–Crippen LogP) is 1.96. The number of carbonyl (C=O) groups excluding carboxylic acids is 3. The molecule has 1 saturated heterocycles. The monoisotopic (exact) mass is 378 g/mol. The molecule has 1 aliphatic rings. The Morgan fingerprint density at radius 1 is 1.19 bits per heavy atom. The highest BCUT2D eigenvalue weighted by atomic mass is 19.1. The van der Waals surface area contributed by atoms with Gasteiger partial charge in [0.15, 0.2) is 0 Å². The second-order valence-corrected chi connectivity index (χ2v) is 6.93. The summed E-state index contributed by atoms with van der Waals surface area (Å²) in [4.78, 5) is 37.7. The molecule has 4 amide bonds. The number of para-hydroxylation sites is 1. The fraction of sp³-hybridized carbons (Fsp3) is 0.526. The van der Waals surface area contributed by atoms with E-state index in [4.69, 9.17) is 0 Å². The van der Waals surface area contributed by atoms with Crippen LogP contribution in [0.15, 0.2) is 24.3 Å². The Balaban J connectivity index is 1.79. The second-order valence-electron chi connectivity index (χ2n) is 6.93. The van der Waals surface area contributed by atoms with Crippen LogP contribution in [-0.2, 0) is 9.59 Å². The molecule has 148 valence electrons. The van der Waals surface area contributed by atoms with Gasteiger partial charge in [-0.25, -0.2) is 9.18 Å². The minimum absolute atomic E-state index is 0.0575. The summed E-state index contributed by atoms with van der Waals surface area (Å²) in [5, 5.41) is 8.08. The highest BCUT2D eigenvalue weighted by Crippen LogP contribution is 2.19. The lowest BCUT2D eigenvalue weighted by Crippen LogP contribution is -2.47. The highest BCUT2D eigenvalue weighted by molar-refractivity contribution is 5.90. The third kappa shape index (κ3) is 6.23. The summed E-state index contributed by atoms with van der Waals surface area (Å²) >= 11 is 0. The zero-order valence-corrected chi connectivity index (χ0v) is 15.8. The van der Waals surface area contributed by atoms with Crippen molar-refractivity contribution in [2.24, 2.45) is 11.8 Å². The molecule has 7 nitrogen and oxygen atoms in total. The summed E-state index contributed by atoms with van der Waals surface area (Å²) in [6, 6.07) is 5.55. The van der Waals surface area contributed by atoms with Crippen LogP contribution in [0.25, 0.3) is 0 Å². The Morgan fingerprint density at radius 3 is 2.59 bits per heavy atom. The lowest BCUT2D eigenvalue weighted by atomic mass is 9.97. The Bertz CT molecular complexity index is 681. The number of hydrogen-bond acceptors (Lipinski definition) is 3. The summed E-state index contributed by atoms with van der Waals surface area (Å²) < 4.78 is 13.7. The van der Waals surface area contributed by atoms with Crippen molar-refractivity contribution in [3.63, 3.8) is 0 Å². The number of amides is 4. The van der Waals surface area contributed by atoms with E-state index >= 15 is 0 Å². The smallest absolute Gasteiger partial charge is 0.321 e. The first-order chi connectivity index (χ1) is 12.9. The molecular weight excluding hydrogens is 351 g/mol. The van der Waals surface area contributed by atoms with Gasteiger partial charge in [0.25, 0.3) is 0 Å². The summed E-state index contributed by atoms with van der Waals surface area (Å²) in [7, 11) is 0. The van der Waals surface area contributed by atoms with Gasteiger partial charge in [-0.1, -0.05) is 26.0 Å². The summed E-state index contributed by atoms with van der Waals surface area (Å²) in [5.74, 6) is -1.11. The molecule has 2 rings (SSSR count). The van der Waals surface area contributed by atoms with Crippen LogP contribution in [0.5, 0.6) is 0 Å². The molecule has 0 spiro atoms. The first kappa shape index (κ1) is 20.7. The van der Waals surface area contributed by atoms with Gasteiger partial charge in [-0.3, -0.25) is 9.59 Å². The number of halogens is 1. The average molecular weight is 378 g/mol. The molecular formula is C19H27FN4O3. The van der Waals surface area contributed by atoms with Crippen LogP contribution < -0.4 is 16.0 Å². The zero-order chi connectivity index (χ0) is 19.8. The van der Waals surface area contributed by atoms with E-state index in [1.54, 1.807) is 26.0 Å². The van der Waals surface area contributed by atoms with Crippen LogP contribution in [-0.4, -0.2) is 48.9 Å². The molecule has 0 aromatic heterocycles. The molecule has 1 unspecified atom stereocenters. The van der Waals surface area contributed by atoms with Crippen LogP contribution in [0.3, 0.4) is 0 Å².